The van der Waals surface area contributed by atoms with E-state index in [1.54, 1.807) is 0 Å². The van der Waals surface area contributed by atoms with Gasteiger partial charge in [-0.05, 0) is 6.07 Å². The number of aromatic carboxylic acids is 1. The molecule has 1 aromatic rings. The number of rotatable bonds is 2. The minimum absolute atomic E-state index is 0.00995. The van der Waals surface area contributed by atoms with Crippen LogP contribution in [0.3, 0.4) is 0 Å². The van der Waals surface area contributed by atoms with Gasteiger partial charge in [0.15, 0.2) is 0 Å². The van der Waals surface area contributed by atoms with Crippen molar-refractivity contribution in [3.63, 3.8) is 0 Å². The van der Waals surface area contributed by atoms with E-state index in [1.807, 2.05) is 0 Å². The van der Waals surface area contributed by atoms with Crippen molar-refractivity contribution in [2.75, 3.05) is 6.61 Å². The van der Waals surface area contributed by atoms with Crippen LogP contribution in [0.25, 0.3) is 0 Å². The molecule has 0 atom stereocenters. The van der Waals surface area contributed by atoms with Gasteiger partial charge in [-0.1, -0.05) is 11.8 Å². The average molecular weight is 221 g/mol. The van der Waals surface area contributed by atoms with Crippen LogP contribution in [0.2, 0.25) is 0 Å². The lowest BCUT2D eigenvalue weighted by Gasteiger charge is -1.98. The van der Waals surface area contributed by atoms with E-state index < -0.39 is 17.5 Å². The van der Waals surface area contributed by atoms with Crippen molar-refractivity contribution >= 4 is 11.7 Å². The van der Waals surface area contributed by atoms with E-state index in [1.165, 1.54) is 0 Å². The fourth-order valence-electron chi connectivity index (χ4n) is 1.07. The summed E-state index contributed by atoms with van der Waals surface area (Å²) in [7, 11) is 0. The van der Waals surface area contributed by atoms with Gasteiger partial charge in [-0.3, -0.25) is 10.1 Å². The summed E-state index contributed by atoms with van der Waals surface area (Å²) in [5, 5.41) is 27.7. The highest BCUT2D eigenvalue weighted by molar-refractivity contribution is 5.91. The molecule has 16 heavy (non-hydrogen) atoms. The number of carbonyl (C=O) groups is 1. The molecular weight excluding hydrogens is 214 g/mol. The van der Waals surface area contributed by atoms with E-state index in [4.69, 9.17) is 10.2 Å². The van der Waals surface area contributed by atoms with Gasteiger partial charge in [-0.15, -0.1) is 0 Å². The monoisotopic (exact) mass is 221 g/mol. The first kappa shape index (κ1) is 11.7. The predicted molar refractivity (Wildman–Crippen MR) is 54.0 cm³/mol. The summed E-state index contributed by atoms with van der Waals surface area (Å²) in [5.41, 5.74) is -0.366. The van der Waals surface area contributed by atoms with Crippen LogP contribution in [0, 0.1) is 22.0 Å². The largest absolute Gasteiger partial charge is 0.478 e. The molecule has 0 saturated heterocycles. The van der Waals surface area contributed by atoms with E-state index in [0.29, 0.717) is 0 Å². The van der Waals surface area contributed by atoms with Gasteiger partial charge >= 0.3 is 5.97 Å². The van der Waals surface area contributed by atoms with E-state index in [2.05, 4.69) is 11.8 Å². The number of benzene rings is 1. The molecule has 0 unspecified atom stereocenters. The lowest BCUT2D eigenvalue weighted by molar-refractivity contribution is -0.384. The second-order valence-electron chi connectivity index (χ2n) is 2.75. The maximum Gasteiger partial charge on any atom is 0.336 e. The number of nitro groups is 1. The normalized spacial score (nSPS) is 9.06. The number of hydrogen-bond acceptors (Lipinski definition) is 4. The van der Waals surface area contributed by atoms with Crippen molar-refractivity contribution in [3.05, 3.63) is 39.4 Å². The van der Waals surface area contributed by atoms with Crippen LogP contribution in [0.5, 0.6) is 0 Å². The number of carboxylic acids is 1. The average Bonchev–Trinajstić information content (AvgIpc) is 2.25. The second kappa shape index (κ2) is 4.91. The van der Waals surface area contributed by atoms with Gasteiger partial charge in [0.1, 0.15) is 6.61 Å². The van der Waals surface area contributed by atoms with Gasteiger partial charge < -0.3 is 10.2 Å². The molecule has 82 valence electrons. The first-order chi connectivity index (χ1) is 7.56. The molecule has 0 fully saturated rings. The molecular formula is C10H7NO5. The minimum Gasteiger partial charge on any atom is -0.478 e. The van der Waals surface area contributed by atoms with Crippen molar-refractivity contribution in [2.45, 2.75) is 0 Å². The molecule has 6 heteroatoms. The van der Waals surface area contributed by atoms with Crippen molar-refractivity contribution in [1.29, 1.82) is 0 Å². The molecule has 0 aliphatic carbocycles. The Morgan fingerprint density at radius 1 is 1.50 bits per heavy atom. The Hall–Kier alpha value is -2.39. The SMILES string of the molecule is O=C(O)c1ccc([N+](=O)[O-])cc1C#CCO. The fourth-order valence-corrected chi connectivity index (χ4v) is 1.07. The van der Waals surface area contributed by atoms with Crippen molar-refractivity contribution in [2.24, 2.45) is 0 Å². The van der Waals surface area contributed by atoms with Crippen LogP contribution in [0.4, 0.5) is 5.69 Å². The van der Waals surface area contributed by atoms with E-state index >= 15 is 0 Å². The topological polar surface area (TPSA) is 101 Å². The summed E-state index contributed by atoms with van der Waals surface area (Å²) in [4.78, 5) is 20.6. The zero-order chi connectivity index (χ0) is 12.1. The zero-order valence-electron chi connectivity index (χ0n) is 8.01. The smallest absolute Gasteiger partial charge is 0.336 e. The van der Waals surface area contributed by atoms with Gasteiger partial charge in [-0.25, -0.2) is 4.79 Å². The number of nitro benzene ring substituents is 1. The molecule has 1 rings (SSSR count). The van der Waals surface area contributed by atoms with Crippen LogP contribution in [-0.2, 0) is 0 Å². The summed E-state index contributed by atoms with van der Waals surface area (Å²) >= 11 is 0. The highest BCUT2D eigenvalue weighted by Gasteiger charge is 2.13. The van der Waals surface area contributed by atoms with Crippen LogP contribution in [-0.4, -0.2) is 27.7 Å². The van der Waals surface area contributed by atoms with Crippen LogP contribution >= 0.6 is 0 Å². The van der Waals surface area contributed by atoms with Gasteiger partial charge in [-0.2, -0.15) is 0 Å². The molecule has 0 radical (unpaired) electrons. The zero-order valence-corrected chi connectivity index (χ0v) is 8.01. The van der Waals surface area contributed by atoms with Crippen LogP contribution < -0.4 is 0 Å². The number of non-ortho nitro benzene ring substituents is 1. The summed E-state index contributed by atoms with van der Waals surface area (Å²) in [6, 6.07) is 3.27. The Kier molecular flexibility index (Phi) is 3.58. The third-order valence-corrected chi connectivity index (χ3v) is 1.75. The van der Waals surface area contributed by atoms with Crippen LogP contribution in [0.15, 0.2) is 18.2 Å². The van der Waals surface area contributed by atoms with E-state index in [-0.39, 0.29) is 16.8 Å². The molecule has 0 saturated carbocycles. The number of hydrogen-bond donors (Lipinski definition) is 2. The van der Waals surface area contributed by atoms with Gasteiger partial charge in [0.2, 0.25) is 0 Å². The predicted octanol–water partition coefficient (Wildman–Crippen LogP) is 0.637. The van der Waals surface area contributed by atoms with Crippen molar-refractivity contribution in [1.82, 2.24) is 0 Å². The lowest BCUT2D eigenvalue weighted by atomic mass is 10.1. The van der Waals surface area contributed by atoms with Gasteiger partial charge in [0, 0.05) is 17.7 Å². The van der Waals surface area contributed by atoms with Crippen molar-refractivity contribution in [3.8, 4) is 11.8 Å². The first-order valence-electron chi connectivity index (χ1n) is 4.17. The molecule has 0 amide bonds. The maximum atomic E-state index is 10.8. The Morgan fingerprint density at radius 3 is 2.69 bits per heavy atom. The lowest BCUT2D eigenvalue weighted by Crippen LogP contribution is -2.01. The molecule has 0 aliphatic heterocycles. The molecule has 6 nitrogen and oxygen atoms in total. The summed E-state index contributed by atoms with van der Waals surface area (Å²) in [6.45, 7) is -0.443. The standard InChI is InChI=1S/C10H7NO5/c12-5-1-2-7-6-8(11(15)16)3-4-9(7)10(13)14/h3-4,6,12H,5H2,(H,13,14). The van der Waals surface area contributed by atoms with Gasteiger partial charge in [0.25, 0.3) is 5.69 Å². The molecule has 0 heterocycles. The molecule has 0 aromatic heterocycles. The third-order valence-electron chi connectivity index (χ3n) is 1.75. The Bertz CT molecular complexity index is 498. The highest BCUT2D eigenvalue weighted by atomic mass is 16.6. The van der Waals surface area contributed by atoms with Gasteiger partial charge in [0.05, 0.1) is 10.5 Å². The Balaban J connectivity index is 3.32. The number of nitrogens with zero attached hydrogens (tertiary/aromatic N) is 1. The summed E-state index contributed by atoms with van der Waals surface area (Å²) < 4.78 is 0. The Morgan fingerprint density at radius 2 is 2.19 bits per heavy atom. The number of aliphatic hydroxyl groups is 1. The molecule has 0 aliphatic rings. The van der Waals surface area contributed by atoms with Crippen LogP contribution in [0.1, 0.15) is 15.9 Å². The second-order valence-corrected chi connectivity index (χ2v) is 2.75. The minimum atomic E-state index is -1.22. The highest BCUT2D eigenvalue weighted by Crippen LogP contribution is 2.17. The summed E-state index contributed by atoms with van der Waals surface area (Å²) in [5.74, 6) is 3.37. The fraction of sp³-hybridized carbons (Fsp3) is 0.100. The number of aliphatic hydroxyl groups excluding tert-OH is 1. The third kappa shape index (κ3) is 2.56. The van der Waals surface area contributed by atoms with Crippen molar-refractivity contribution < 1.29 is 19.9 Å². The molecule has 2 N–H and O–H groups in total. The summed E-state index contributed by atoms with van der Waals surface area (Å²) in [6.07, 6.45) is 0. The van der Waals surface area contributed by atoms with E-state index in [9.17, 15) is 14.9 Å². The first-order valence-corrected chi connectivity index (χ1v) is 4.17. The number of carboxylic acid groups (broad SMARTS) is 1. The molecule has 1 aromatic carbocycles. The molecule has 0 bridgehead atoms. The van der Waals surface area contributed by atoms with E-state index in [0.717, 1.165) is 18.2 Å². The Labute approximate surface area is 90.3 Å². The quantitative estimate of drug-likeness (QED) is 0.433. The molecule has 0 spiro atoms. The maximum absolute atomic E-state index is 10.8.